The summed E-state index contributed by atoms with van der Waals surface area (Å²) in [6, 6.07) is 23.6. The summed E-state index contributed by atoms with van der Waals surface area (Å²) < 4.78 is 7.53. The molecule has 0 aliphatic carbocycles. The number of carbonyl (C=O) groups is 1. The third-order valence-corrected chi connectivity index (χ3v) is 6.29. The van der Waals surface area contributed by atoms with Crippen LogP contribution in [-0.2, 0) is 4.79 Å². The summed E-state index contributed by atoms with van der Waals surface area (Å²) in [6.45, 7) is 5.93. The fourth-order valence-electron chi connectivity index (χ4n) is 3.37. The monoisotopic (exact) mass is 458 g/mol. The van der Waals surface area contributed by atoms with E-state index in [1.807, 2.05) is 98.1 Å². The molecule has 6 nitrogen and oxygen atoms in total. The van der Waals surface area contributed by atoms with Crippen LogP contribution in [0.25, 0.3) is 17.1 Å². The van der Waals surface area contributed by atoms with Gasteiger partial charge in [0.1, 0.15) is 5.75 Å². The van der Waals surface area contributed by atoms with Crippen molar-refractivity contribution in [2.75, 3.05) is 12.4 Å². The molecular weight excluding hydrogens is 432 g/mol. The quantitative estimate of drug-likeness (QED) is 0.361. The highest BCUT2D eigenvalue weighted by Crippen LogP contribution is 2.34. The standard InChI is InChI=1S/C26H26N4O2S/c1-17-9-13-20(14-10-17)27-25(31)19(3)33-26-29-28-24(22-7-5-6-8-23(22)32-4)30(26)21-15-11-18(2)12-16-21/h5-16,19H,1-4H3,(H,27,31). The van der Waals surface area contributed by atoms with E-state index in [2.05, 4.69) is 15.5 Å². The molecule has 0 radical (unpaired) electrons. The first-order valence-corrected chi connectivity index (χ1v) is 11.5. The van der Waals surface area contributed by atoms with Crippen LogP contribution < -0.4 is 10.1 Å². The average Bonchev–Trinajstić information content (AvgIpc) is 3.24. The lowest BCUT2D eigenvalue weighted by Crippen LogP contribution is -2.22. The van der Waals surface area contributed by atoms with E-state index < -0.39 is 0 Å². The fraction of sp³-hybridized carbons (Fsp3) is 0.192. The van der Waals surface area contributed by atoms with E-state index >= 15 is 0 Å². The fourth-order valence-corrected chi connectivity index (χ4v) is 4.24. The largest absolute Gasteiger partial charge is 0.496 e. The van der Waals surface area contributed by atoms with Crippen molar-refractivity contribution in [1.82, 2.24) is 14.8 Å². The zero-order valence-corrected chi connectivity index (χ0v) is 19.9. The minimum absolute atomic E-state index is 0.0962. The minimum atomic E-state index is -0.384. The molecule has 4 rings (SSSR count). The van der Waals surface area contributed by atoms with Crippen molar-refractivity contribution in [2.24, 2.45) is 0 Å². The van der Waals surface area contributed by atoms with Gasteiger partial charge in [-0.2, -0.15) is 0 Å². The van der Waals surface area contributed by atoms with Crippen LogP contribution >= 0.6 is 11.8 Å². The van der Waals surface area contributed by atoms with Gasteiger partial charge in [0, 0.05) is 11.4 Å². The molecule has 1 unspecified atom stereocenters. The molecule has 0 fully saturated rings. The third kappa shape index (κ3) is 5.09. The lowest BCUT2D eigenvalue weighted by atomic mass is 10.1. The van der Waals surface area contributed by atoms with Crippen LogP contribution in [0.2, 0.25) is 0 Å². The SMILES string of the molecule is COc1ccccc1-c1nnc(SC(C)C(=O)Nc2ccc(C)cc2)n1-c1ccc(C)cc1. The average molecular weight is 459 g/mol. The molecule has 0 aliphatic heterocycles. The van der Waals surface area contributed by atoms with Crippen LogP contribution in [-0.4, -0.2) is 33.0 Å². The number of anilines is 1. The number of nitrogens with one attached hydrogen (secondary N) is 1. The molecule has 1 N–H and O–H groups in total. The van der Waals surface area contributed by atoms with E-state index in [0.717, 1.165) is 28.1 Å². The smallest absolute Gasteiger partial charge is 0.237 e. The summed E-state index contributed by atoms with van der Waals surface area (Å²) in [5.41, 5.74) is 4.82. The Morgan fingerprint density at radius 3 is 2.24 bits per heavy atom. The van der Waals surface area contributed by atoms with E-state index in [0.29, 0.717) is 16.7 Å². The Balaban J connectivity index is 1.67. The number of carbonyl (C=O) groups excluding carboxylic acids is 1. The summed E-state index contributed by atoms with van der Waals surface area (Å²) in [7, 11) is 1.64. The van der Waals surface area contributed by atoms with Gasteiger partial charge in [-0.3, -0.25) is 9.36 Å². The number of nitrogens with zero attached hydrogens (tertiary/aromatic N) is 3. The Labute approximate surface area is 198 Å². The van der Waals surface area contributed by atoms with Crippen molar-refractivity contribution in [3.63, 3.8) is 0 Å². The van der Waals surface area contributed by atoms with Gasteiger partial charge in [-0.25, -0.2) is 0 Å². The lowest BCUT2D eigenvalue weighted by molar-refractivity contribution is -0.115. The first-order valence-electron chi connectivity index (χ1n) is 10.7. The molecule has 0 aliphatic rings. The van der Waals surface area contributed by atoms with Crippen LogP contribution in [0.1, 0.15) is 18.1 Å². The Kier molecular flexibility index (Phi) is 6.79. The van der Waals surface area contributed by atoms with Gasteiger partial charge >= 0.3 is 0 Å². The van der Waals surface area contributed by atoms with Gasteiger partial charge in [-0.1, -0.05) is 59.3 Å². The minimum Gasteiger partial charge on any atom is -0.496 e. The predicted molar refractivity (Wildman–Crippen MR) is 133 cm³/mol. The van der Waals surface area contributed by atoms with Crippen LogP contribution in [0.15, 0.2) is 78.0 Å². The molecule has 3 aromatic carbocycles. The summed E-state index contributed by atoms with van der Waals surface area (Å²) in [5, 5.41) is 12.2. The van der Waals surface area contributed by atoms with Crippen molar-refractivity contribution in [1.29, 1.82) is 0 Å². The van der Waals surface area contributed by atoms with Gasteiger partial charge in [0.25, 0.3) is 0 Å². The Morgan fingerprint density at radius 1 is 0.939 bits per heavy atom. The molecule has 1 amide bonds. The number of ether oxygens (including phenoxy) is 1. The van der Waals surface area contributed by atoms with Crippen LogP contribution in [0.4, 0.5) is 5.69 Å². The molecule has 0 saturated carbocycles. The highest BCUT2D eigenvalue weighted by atomic mass is 32.2. The number of hydrogen-bond donors (Lipinski definition) is 1. The number of rotatable bonds is 7. The summed E-state index contributed by atoms with van der Waals surface area (Å²) in [6.07, 6.45) is 0. The highest BCUT2D eigenvalue weighted by molar-refractivity contribution is 8.00. The molecule has 0 spiro atoms. The Bertz CT molecular complexity index is 1250. The van der Waals surface area contributed by atoms with Gasteiger partial charge in [0.05, 0.1) is 17.9 Å². The lowest BCUT2D eigenvalue weighted by Gasteiger charge is -2.15. The number of methoxy groups -OCH3 is 1. The van der Waals surface area contributed by atoms with Gasteiger partial charge in [-0.15, -0.1) is 10.2 Å². The Hall–Kier alpha value is -3.58. The first-order chi connectivity index (χ1) is 16.0. The number of aryl methyl sites for hydroxylation is 2. The molecule has 7 heteroatoms. The number of benzene rings is 3. The molecule has 4 aromatic rings. The summed E-state index contributed by atoms with van der Waals surface area (Å²) in [4.78, 5) is 12.9. The maximum absolute atomic E-state index is 12.9. The van der Waals surface area contributed by atoms with Crippen LogP contribution in [0.5, 0.6) is 5.75 Å². The van der Waals surface area contributed by atoms with E-state index in [-0.39, 0.29) is 11.2 Å². The molecule has 0 bridgehead atoms. The summed E-state index contributed by atoms with van der Waals surface area (Å²) in [5.74, 6) is 1.27. The van der Waals surface area contributed by atoms with Crippen molar-refractivity contribution in [3.05, 3.63) is 83.9 Å². The molecule has 0 saturated heterocycles. The van der Waals surface area contributed by atoms with Crippen molar-refractivity contribution < 1.29 is 9.53 Å². The molecule has 168 valence electrons. The normalized spacial score (nSPS) is 11.8. The zero-order valence-electron chi connectivity index (χ0n) is 19.1. The van der Waals surface area contributed by atoms with Crippen molar-refractivity contribution >= 4 is 23.4 Å². The van der Waals surface area contributed by atoms with Crippen molar-refractivity contribution in [2.45, 2.75) is 31.2 Å². The maximum Gasteiger partial charge on any atom is 0.237 e. The highest BCUT2D eigenvalue weighted by Gasteiger charge is 2.23. The van der Waals surface area contributed by atoms with Crippen LogP contribution in [0, 0.1) is 13.8 Å². The first kappa shape index (κ1) is 22.6. The van der Waals surface area contributed by atoms with E-state index in [1.54, 1.807) is 7.11 Å². The Morgan fingerprint density at radius 2 is 1.58 bits per heavy atom. The molecule has 1 heterocycles. The zero-order chi connectivity index (χ0) is 23.4. The van der Waals surface area contributed by atoms with Gasteiger partial charge in [0.15, 0.2) is 11.0 Å². The van der Waals surface area contributed by atoms with Gasteiger partial charge in [-0.05, 0) is 57.2 Å². The molecule has 1 aromatic heterocycles. The van der Waals surface area contributed by atoms with Crippen molar-refractivity contribution in [3.8, 4) is 22.8 Å². The van der Waals surface area contributed by atoms with Crippen LogP contribution in [0.3, 0.4) is 0 Å². The summed E-state index contributed by atoms with van der Waals surface area (Å²) >= 11 is 1.37. The molecule has 33 heavy (non-hydrogen) atoms. The molecule has 1 atom stereocenters. The second-order valence-electron chi connectivity index (χ2n) is 7.79. The van der Waals surface area contributed by atoms with E-state index in [4.69, 9.17) is 4.74 Å². The topological polar surface area (TPSA) is 69.0 Å². The van der Waals surface area contributed by atoms with E-state index in [1.165, 1.54) is 11.8 Å². The number of hydrogen-bond acceptors (Lipinski definition) is 5. The predicted octanol–water partition coefficient (Wildman–Crippen LogP) is 5.68. The van der Waals surface area contributed by atoms with Gasteiger partial charge < -0.3 is 10.1 Å². The third-order valence-electron chi connectivity index (χ3n) is 5.24. The number of aromatic nitrogens is 3. The molecular formula is C26H26N4O2S. The van der Waals surface area contributed by atoms with Gasteiger partial charge in [0.2, 0.25) is 5.91 Å². The number of para-hydroxylation sites is 1. The number of amides is 1. The second-order valence-corrected chi connectivity index (χ2v) is 9.10. The maximum atomic E-state index is 12.9. The second kappa shape index (κ2) is 9.92. The number of thioether (sulfide) groups is 1. The van der Waals surface area contributed by atoms with E-state index in [9.17, 15) is 4.79 Å².